The van der Waals surface area contributed by atoms with Crippen molar-refractivity contribution in [1.82, 2.24) is 9.47 Å². The molecule has 0 saturated carbocycles. The third kappa shape index (κ3) is 3.28. The molecule has 1 amide bonds. The molecular formula is C16H24N2O3. The number of nitrogens with zero attached hydrogens (tertiary/aromatic N) is 2. The number of likely N-dealkylation sites (tertiary alicyclic amines) is 1. The van der Waals surface area contributed by atoms with E-state index in [9.17, 15) is 9.59 Å². The topological polar surface area (TPSA) is 51.5 Å². The summed E-state index contributed by atoms with van der Waals surface area (Å²) >= 11 is 0. The van der Waals surface area contributed by atoms with Crippen LogP contribution in [0.1, 0.15) is 49.8 Å². The number of hydrogen-bond donors (Lipinski definition) is 0. The van der Waals surface area contributed by atoms with Crippen LogP contribution >= 0.6 is 0 Å². The predicted molar refractivity (Wildman–Crippen MR) is 80.1 cm³/mol. The fourth-order valence-corrected chi connectivity index (χ4v) is 2.60. The number of aromatic nitrogens is 1. The van der Waals surface area contributed by atoms with Crippen molar-refractivity contribution in [2.45, 2.75) is 52.2 Å². The van der Waals surface area contributed by atoms with Gasteiger partial charge in [-0.05, 0) is 52.7 Å². The number of aryl methyl sites for hydroxylation is 1. The molecule has 2 heterocycles. The van der Waals surface area contributed by atoms with Gasteiger partial charge in [0.25, 0.3) is 5.91 Å². The standard InChI is InChI=1S/C16H24N2O3/c1-11-8-9-12(17(11)5)14(19)18-10-6-7-13(18)15(20)21-16(2,3)4/h8-9,13H,6-7,10H2,1-5H3/t13-/m0/s1. The van der Waals surface area contributed by atoms with Gasteiger partial charge in [0.05, 0.1) is 0 Å². The number of carbonyl (C=O) groups is 2. The molecule has 0 N–H and O–H groups in total. The maximum absolute atomic E-state index is 12.7. The second-order valence-electron chi connectivity index (χ2n) is 6.61. The van der Waals surface area contributed by atoms with Crippen LogP contribution in [-0.4, -0.2) is 39.5 Å². The summed E-state index contributed by atoms with van der Waals surface area (Å²) in [7, 11) is 1.86. The first-order chi connectivity index (χ1) is 9.70. The van der Waals surface area contributed by atoms with Gasteiger partial charge in [-0.2, -0.15) is 0 Å². The van der Waals surface area contributed by atoms with Crippen LogP contribution in [0.2, 0.25) is 0 Å². The fourth-order valence-electron chi connectivity index (χ4n) is 2.60. The second kappa shape index (κ2) is 5.54. The number of esters is 1. The molecule has 5 heteroatoms. The zero-order valence-electron chi connectivity index (χ0n) is 13.5. The van der Waals surface area contributed by atoms with Crippen LogP contribution < -0.4 is 0 Å². The van der Waals surface area contributed by atoms with E-state index in [-0.39, 0.29) is 11.9 Å². The fraction of sp³-hybridized carbons (Fsp3) is 0.625. The van der Waals surface area contributed by atoms with Crippen LogP contribution in [-0.2, 0) is 16.6 Å². The Morgan fingerprint density at radius 2 is 1.95 bits per heavy atom. The van der Waals surface area contributed by atoms with Crippen LogP contribution in [0.4, 0.5) is 0 Å². The van der Waals surface area contributed by atoms with Gasteiger partial charge in [0.1, 0.15) is 17.3 Å². The minimum absolute atomic E-state index is 0.0982. The third-order valence-corrected chi connectivity index (χ3v) is 3.78. The lowest BCUT2D eigenvalue weighted by Gasteiger charge is -2.27. The van der Waals surface area contributed by atoms with Crippen molar-refractivity contribution < 1.29 is 14.3 Å². The number of ether oxygens (including phenoxy) is 1. The molecule has 2 rings (SSSR count). The summed E-state index contributed by atoms with van der Waals surface area (Å²) in [5.41, 5.74) is 1.10. The molecule has 1 saturated heterocycles. The van der Waals surface area contributed by atoms with Gasteiger partial charge in [0.2, 0.25) is 0 Å². The smallest absolute Gasteiger partial charge is 0.329 e. The van der Waals surface area contributed by atoms with E-state index in [1.54, 1.807) is 4.90 Å². The highest BCUT2D eigenvalue weighted by Gasteiger charge is 2.37. The van der Waals surface area contributed by atoms with E-state index in [0.29, 0.717) is 18.7 Å². The van der Waals surface area contributed by atoms with E-state index >= 15 is 0 Å². The lowest BCUT2D eigenvalue weighted by atomic mass is 10.1. The number of carbonyl (C=O) groups excluding carboxylic acids is 2. The monoisotopic (exact) mass is 292 g/mol. The van der Waals surface area contributed by atoms with Crippen molar-refractivity contribution in [1.29, 1.82) is 0 Å². The highest BCUT2D eigenvalue weighted by atomic mass is 16.6. The number of hydrogen-bond acceptors (Lipinski definition) is 3. The molecule has 0 radical (unpaired) electrons. The average molecular weight is 292 g/mol. The summed E-state index contributed by atoms with van der Waals surface area (Å²) in [6, 6.07) is 3.25. The molecule has 1 atom stereocenters. The average Bonchev–Trinajstić information content (AvgIpc) is 2.95. The Morgan fingerprint density at radius 3 is 2.48 bits per heavy atom. The number of amides is 1. The Hall–Kier alpha value is -1.78. The van der Waals surface area contributed by atoms with Crippen molar-refractivity contribution in [2.24, 2.45) is 7.05 Å². The van der Waals surface area contributed by atoms with Gasteiger partial charge in [-0.15, -0.1) is 0 Å². The van der Waals surface area contributed by atoms with Crippen LogP contribution in [0, 0.1) is 6.92 Å². The van der Waals surface area contributed by atoms with Gasteiger partial charge in [-0.1, -0.05) is 0 Å². The van der Waals surface area contributed by atoms with E-state index in [1.165, 1.54) is 0 Å². The zero-order valence-corrected chi connectivity index (χ0v) is 13.5. The molecule has 1 fully saturated rings. The minimum Gasteiger partial charge on any atom is -0.458 e. The lowest BCUT2D eigenvalue weighted by Crippen LogP contribution is -2.44. The summed E-state index contributed by atoms with van der Waals surface area (Å²) in [4.78, 5) is 26.6. The Labute approximate surface area is 125 Å². The van der Waals surface area contributed by atoms with E-state index in [4.69, 9.17) is 4.74 Å². The molecule has 116 valence electrons. The Bertz CT molecular complexity index is 554. The van der Waals surface area contributed by atoms with Crippen LogP contribution in [0.15, 0.2) is 12.1 Å². The first kappa shape index (κ1) is 15.6. The quantitative estimate of drug-likeness (QED) is 0.786. The molecule has 0 unspecified atom stereocenters. The Morgan fingerprint density at radius 1 is 1.29 bits per heavy atom. The molecule has 1 aromatic heterocycles. The van der Waals surface area contributed by atoms with E-state index in [2.05, 4.69) is 0 Å². The van der Waals surface area contributed by atoms with E-state index < -0.39 is 11.6 Å². The molecule has 0 bridgehead atoms. The lowest BCUT2D eigenvalue weighted by molar-refractivity contribution is -0.159. The summed E-state index contributed by atoms with van der Waals surface area (Å²) < 4.78 is 7.29. The second-order valence-corrected chi connectivity index (χ2v) is 6.61. The summed E-state index contributed by atoms with van der Waals surface area (Å²) in [5.74, 6) is -0.404. The van der Waals surface area contributed by atoms with Crippen molar-refractivity contribution in [3.05, 3.63) is 23.5 Å². The SMILES string of the molecule is Cc1ccc(C(=O)N2CCC[C@H]2C(=O)OC(C)(C)C)n1C. The molecule has 21 heavy (non-hydrogen) atoms. The molecular weight excluding hydrogens is 268 g/mol. The zero-order chi connectivity index (χ0) is 15.8. The largest absolute Gasteiger partial charge is 0.458 e. The molecule has 0 aliphatic carbocycles. The van der Waals surface area contributed by atoms with Gasteiger partial charge < -0.3 is 14.2 Å². The summed E-state index contributed by atoms with van der Waals surface area (Å²) in [6.07, 6.45) is 1.50. The summed E-state index contributed by atoms with van der Waals surface area (Å²) in [6.45, 7) is 8.07. The minimum atomic E-state index is -0.532. The predicted octanol–water partition coefficient (Wildman–Crippen LogP) is 2.28. The maximum atomic E-state index is 12.7. The molecule has 0 spiro atoms. The van der Waals surface area contributed by atoms with Gasteiger partial charge >= 0.3 is 5.97 Å². The molecule has 1 aromatic rings. The van der Waals surface area contributed by atoms with Crippen molar-refractivity contribution >= 4 is 11.9 Å². The highest BCUT2D eigenvalue weighted by Crippen LogP contribution is 2.23. The summed E-state index contributed by atoms with van der Waals surface area (Å²) in [5, 5.41) is 0. The van der Waals surface area contributed by atoms with Crippen LogP contribution in [0.5, 0.6) is 0 Å². The third-order valence-electron chi connectivity index (χ3n) is 3.78. The molecule has 1 aliphatic rings. The molecule has 5 nitrogen and oxygen atoms in total. The normalized spacial score (nSPS) is 18.9. The van der Waals surface area contributed by atoms with E-state index in [0.717, 1.165) is 12.1 Å². The molecule has 0 aromatic carbocycles. The maximum Gasteiger partial charge on any atom is 0.329 e. The first-order valence-corrected chi connectivity index (χ1v) is 7.37. The van der Waals surface area contributed by atoms with Gasteiger partial charge in [0, 0.05) is 19.3 Å². The van der Waals surface area contributed by atoms with Crippen molar-refractivity contribution in [3.8, 4) is 0 Å². The molecule has 1 aliphatic heterocycles. The van der Waals surface area contributed by atoms with Gasteiger partial charge in [-0.3, -0.25) is 4.79 Å². The Balaban J connectivity index is 2.17. The first-order valence-electron chi connectivity index (χ1n) is 7.37. The van der Waals surface area contributed by atoms with E-state index in [1.807, 2.05) is 51.4 Å². The highest BCUT2D eigenvalue weighted by molar-refractivity contribution is 5.96. The van der Waals surface area contributed by atoms with Crippen molar-refractivity contribution in [2.75, 3.05) is 6.54 Å². The number of rotatable bonds is 2. The van der Waals surface area contributed by atoms with Gasteiger partial charge in [-0.25, -0.2) is 4.79 Å². The van der Waals surface area contributed by atoms with Crippen molar-refractivity contribution in [3.63, 3.8) is 0 Å². The Kier molecular flexibility index (Phi) is 4.12. The van der Waals surface area contributed by atoms with Crippen LogP contribution in [0.25, 0.3) is 0 Å². The van der Waals surface area contributed by atoms with Crippen LogP contribution in [0.3, 0.4) is 0 Å². The van der Waals surface area contributed by atoms with Gasteiger partial charge in [0.15, 0.2) is 0 Å².